The van der Waals surface area contributed by atoms with Gasteiger partial charge in [-0.25, -0.2) is 0 Å². The average Bonchev–Trinajstić information content (AvgIpc) is 3.25. The Kier molecular flexibility index (Phi) is 6.64. The van der Waals surface area contributed by atoms with E-state index in [-0.39, 0.29) is 11.9 Å². The van der Waals surface area contributed by atoms with Crippen molar-refractivity contribution in [2.24, 2.45) is 5.73 Å². The Morgan fingerprint density at radius 1 is 1.14 bits per heavy atom. The van der Waals surface area contributed by atoms with Gasteiger partial charge in [-0.3, -0.25) is 4.79 Å². The lowest BCUT2D eigenvalue weighted by molar-refractivity contribution is 0.0986. The van der Waals surface area contributed by atoms with Gasteiger partial charge in [0.1, 0.15) is 5.75 Å². The second-order valence-electron chi connectivity index (χ2n) is 9.68. The second-order valence-corrected chi connectivity index (χ2v) is 9.68. The molecule has 0 aromatic heterocycles. The topological polar surface area (TPSA) is 79.6 Å². The third-order valence-electron chi connectivity index (χ3n) is 6.81. The SMILES string of the molecule is CC(N)CCOc1cc(C(=O)N2CCC(C)Nc3ccccc32)ccc1-c1ccc2c(c1)CCN2. The zero-order valence-corrected chi connectivity index (χ0v) is 20.5. The van der Waals surface area contributed by atoms with Crippen LogP contribution in [0.4, 0.5) is 17.1 Å². The largest absolute Gasteiger partial charge is 0.493 e. The van der Waals surface area contributed by atoms with E-state index in [1.165, 1.54) is 11.3 Å². The number of nitrogens with two attached hydrogens (primary N) is 1. The third-order valence-corrected chi connectivity index (χ3v) is 6.81. The van der Waals surface area contributed by atoms with Gasteiger partial charge in [0.2, 0.25) is 0 Å². The Hall–Kier alpha value is -3.51. The fraction of sp³-hybridized carbons (Fsp3) is 0.345. The molecule has 6 nitrogen and oxygen atoms in total. The maximum atomic E-state index is 13.8. The summed E-state index contributed by atoms with van der Waals surface area (Å²) >= 11 is 0. The molecule has 5 rings (SSSR count). The van der Waals surface area contributed by atoms with Gasteiger partial charge in [-0.15, -0.1) is 0 Å². The van der Waals surface area contributed by atoms with E-state index in [0.29, 0.717) is 24.8 Å². The number of carbonyl (C=O) groups is 1. The van der Waals surface area contributed by atoms with Crippen molar-refractivity contribution in [1.82, 2.24) is 0 Å². The highest BCUT2D eigenvalue weighted by atomic mass is 16.5. The molecule has 2 aliphatic rings. The van der Waals surface area contributed by atoms with Crippen LogP contribution in [0.2, 0.25) is 0 Å². The van der Waals surface area contributed by atoms with E-state index in [9.17, 15) is 4.79 Å². The van der Waals surface area contributed by atoms with Gasteiger partial charge in [0.15, 0.2) is 0 Å². The van der Waals surface area contributed by atoms with E-state index in [1.807, 2.05) is 54.3 Å². The minimum absolute atomic E-state index is 0.0184. The van der Waals surface area contributed by atoms with Crippen LogP contribution in [0.3, 0.4) is 0 Å². The highest BCUT2D eigenvalue weighted by molar-refractivity contribution is 6.08. The first-order chi connectivity index (χ1) is 17.0. The number of rotatable bonds is 6. The minimum atomic E-state index is -0.0184. The number of hydrogen-bond acceptors (Lipinski definition) is 5. The molecule has 0 fully saturated rings. The monoisotopic (exact) mass is 470 g/mol. The molecule has 0 radical (unpaired) electrons. The Balaban J connectivity index is 1.49. The molecule has 0 spiro atoms. The number of benzene rings is 3. The molecule has 0 saturated carbocycles. The number of para-hydroxylation sites is 2. The minimum Gasteiger partial charge on any atom is -0.493 e. The van der Waals surface area contributed by atoms with Gasteiger partial charge in [0.05, 0.1) is 18.0 Å². The number of ether oxygens (including phenoxy) is 1. The fourth-order valence-corrected chi connectivity index (χ4v) is 4.82. The van der Waals surface area contributed by atoms with Gasteiger partial charge in [0, 0.05) is 42.0 Å². The second kappa shape index (κ2) is 10.0. The quantitative estimate of drug-likeness (QED) is 0.456. The van der Waals surface area contributed by atoms with Crippen molar-refractivity contribution in [3.8, 4) is 16.9 Å². The average molecular weight is 471 g/mol. The van der Waals surface area contributed by atoms with Crippen LogP contribution < -0.4 is 26.0 Å². The molecule has 1 amide bonds. The van der Waals surface area contributed by atoms with Crippen LogP contribution in [0.15, 0.2) is 60.7 Å². The van der Waals surface area contributed by atoms with E-state index in [0.717, 1.165) is 54.1 Å². The van der Waals surface area contributed by atoms with E-state index >= 15 is 0 Å². The lowest BCUT2D eigenvalue weighted by Crippen LogP contribution is -2.32. The lowest BCUT2D eigenvalue weighted by atomic mass is 9.99. The normalized spacial score (nSPS) is 17.5. The molecule has 2 heterocycles. The summed E-state index contributed by atoms with van der Waals surface area (Å²) in [5, 5.41) is 6.94. The highest BCUT2D eigenvalue weighted by Crippen LogP contribution is 2.36. The van der Waals surface area contributed by atoms with E-state index < -0.39 is 0 Å². The van der Waals surface area contributed by atoms with Gasteiger partial charge in [0.25, 0.3) is 5.91 Å². The van der Waals surface area contributed by atoms with Crippen molar-refractivity contribution in [3.63, 3.8) is 0 Å². The summed E-state index contributed by atoms with van der Waals surface area (Å²) in [6.45, 7) is 6.25. The van der Waals surface area contributed by atoms with E-state index in [2.05, 4.69) is 35.8 Å². The molecule has 0 bridgehead atoms. The van der Waals surface area contributed by atoms with Crippen molar-refractivity contribution < 1.29 is 9.53 Å². The third kappa shape index (κ3) is 4.98. The van der Waals surface area contributed by atoms with Crippen molar-refractivity contribution >= 4 is 23.0 Å². The Bertz CT molecular complexity index is 1220. The van der Waals surface area contributed by atoms with Gasteiger partial charge < -0.3 is 26.0 Å². The summed E-state index contributed by atoms with van der Waals surface area (Å²) in [7, 11) is 0. The summed E-state index contributed by atoms with van der Waals surface area (Å²) in [6, 6.07) is 20.7. The number of hydrogen-bond donors (Lipinski definition) is 3. The molecule has 35 heavy (non-hydrogen) atoms. The Labute approximate surface area is 207 Å². The van der Waals surface area contributed by atoms with Gasteiger partial charge >= 0.3 is 0 Å². The number of fused-ring (bicyclic) bond motifs is 2. The predicted octanol–water partition coefficient (Wildman–Crippen LogP) is 5.29. The smallest absolute Gasteiger partial charge is 0.258 e. The van der Waals surface area contributed by atoms with Crippen LogP contribution in [0, 0.1) is 0 Å². The zero-order chi connectivity index (χ0) is 24.4. The first-order valence-corrected chi connectivity index (χ1v) is 12.6. The first-order valence-electron chi connectivity index (χ1n) is 12.6. The van der Waals surface area contributed by atoms with Gasteiger partial charge in [-0.2, -0.15) is 0 Å². The zero-order valence-electron chi connectivity index (χ0n) is 20.5. The van der Waals surface area contributed by atoms with Crippen molar-refractivity contribution in [3.05, 3.63) is 71.8 Å². The first kappa shape index (κ1) is 23.2. The summed E-state index contributed by atoms with van der Waals surface area (Å²) < 4.78 is 6.23. The van der Waals surface area contributed by atoms with Crippen LogP contribution in [0.1, 0.15) is 42.6 Å². The molecule has 2 atom stereocenters. The number of nitrogens with one attached hydrogen (secondary N) is 2. The number of anilines is 3. The van der Waals surface area contributed by atoms with Crippen LogP contribution >= 0.6 is 0 Å². The molecular weight excluding hydrogens is 436 g/mol. The lowest BCUT2D eigenvalue weighted by Gasteiger charge is -2.23. The Morgan fingerprint density at radius 2 is 2.00 bits per heavy atom. The molecule has 182 valence electrons. The van der Waals surface area contributed by atoms with Crippen molar-refractivity contribution in [2.45, 2.75) is 45.2 Å². The van der Waals surface area contributed by atoms with Crippen LogP contribution in [-0.2, 0) is 6.42 Å². The van der Waals surface area contributed by atoms with Crippen LogP contribution in [0.25, 0.3) is 11.1 Å². The molecule has 3 aromatic rings. The van der Waals surface area contributed by atoms with Gasteiger partial charge in [-0.1, -0.05) is 18.2 Å². The van der Waals surface area contributed by atoms with Crippen molar-refractivity contribution in [2.75, 3.05) is 35.2 Å². The maximum absolute atomic E-state index is 13.8. The Morgan fingerprint density at radius 3 is 2.86 bits per heavy atom. The van der Waals surface area contributed by atoms with E-state index in [4.69, 9.17) is 10.5 Å². The summed E-state index contributed by atoms with van der Waals surface area (Å²) in [4.78, 5) is 15.7. The molecule has 2 aliphatic heterocycles. The standard InChI is InChI=1S/C29H34N4O2/c1-19(30)13-16-35-28-18-23(7-9-24(28)21-8-10-25-22(17-21)11-14-31-25)29(34)33-15-12-20(2)32-26-5-3-4-6-27(26)33/h3-10,17-20,31-32H,11-16,30H2,1-2H3. The molecule has 4 N–H and O–H groups in total. The molecule has 6 heteroatoms. The maximum Gasteiger partial charge on any atom is 0.258 e. The summed E-state index contributed by atoms with van der Waals surface area (Å²) in [5.41, 5.74) is 13.1. The molecule has 2 unspecified atom stereocenters. The summed E-state index contributed by atoms with van der Waals surface area (Å²) in [5.74, 6) is 0.701. The van der Waals surface area contributed by atoms with Crippen molar-refractivity contribution in [1.29, 1.82) is 0 Å². The molecule has 3 aromatic carbocycles. The van der Waals surface area contributed by atoms with Crippen LogP contribution in [-0.4, -0.2) is 37.7 Å². The number of amides is 1. The predicted molar refractivity (Wildman–Crippen MR) is 144 cm³/mol. The molecule has 0 aliphatic carbocycles. The van der Waals surface area contributed by atoms with E-state index in [1.54, 1.807) is 0 Å². The summed E-state index contributed by atoms with van der Waals surface area (Å²) in [6.07, 6.45) is 2.63. The molecule has 0 saturated heterocycles. The number of carbonyl (C=O) groups excluding carboxylic acids is 1. The number of nitrogens with zero attached hydrogens (tertiary/aromatic N) is 1. The van der Waals surface area contributed by atoms with Crippen LogP contribution in [0.5, 0.6) is 5.75 Å². The van der Waals surface area contributed by atoms with Gasteiger partial charge in [-0.05, 0) is 86.7 Å². The highest BCUT2D eigenvalue weighted by Gasteiger charge is 2.25. The molecular formula is C29H34N4O2. The fourth-order valence-electron chi connectivity index (χ4n) is 4.82.